The molecule has 4 heteroatoms. The molecule has 0 heterocycles. The van der Waals surface area contributed by atoms with Crippen molar-refractivity contribution in [2.45, 2.75) is 5.41 Å². The Labute approximate surface area is 319 Å². The molecule has 0 bridgehead atoms. The predicted octanol–water partition coefficient (Wildman–Crippen LogP) is 12.5. The van der Waals surface area contributed by atoms with Crippen LogP contribution in [0.2, 0.25) is 0 Å². The van der Waals surface area contributed by atoms with Crippen LogP contribution in [0.15, 0.2) is 193 Å². The van der Waals surface area contributed by atoms with E-state index in [0.717, 1.165) is 44.6 Å². The zero-order valence-electron chi connectivity index (χ0n) is 29.9. The summed E-state index contributed by atoms with van der Waals surface area (Å²) in [5.41, 5.74) is 20.2. The van der Waals surface area contributed by atoms with Gasteiger partial charge in [-0.2, -0.15) is 5.10 Å². The van der Waals surface area contributed by atoms with Gasteiger partial charge in [-0.15, -0.1) is 0 Å². The van der Waals surface area contributed by atoms with Crippen molar-refractivity contribution in [1.82, 2.24) is 0 Å². The number of para-hydroxylation sites is 2. The molecule has 8 aromatic carbocycles. The Morgan fingerprint density at radius 2 is 1.04 bits per heavy atom. The Balaban J connectivity index is 1.07. The van der Waals surface area contributed by atoms with Gasteiger partial charge in [0.05, 0.1) is 16.8 Å². The van der Waals surface area contributed by atoms with Crippen LogP contribution in [0.1, 0.15) is 33.4 Å². The highest BCUT2D eigenvalue weighted by molar-refractivity contribution is 6.55. The van der Waals surface area contributed by atoms with Crippen LogP contribution in [0, 0.1) is 5.41 Å². The molecule has 4 nitrogen and oxygen atoms in total. The van der Waals surface area contributed by atoms with Gasteiger partial charge in [0.25, 0.3) is 0 Å². The zero-order chi connectivity index (χ0) is 36.5. The molecule has 3 aliphatic carbocycles. The Kier molecular flexibility index (Phi) is 6.89. The molecule has 0 saturated carbocycles. The van der Waals surface area contributed by atoms with E-state index in [0.29, 0.717) is 11.4 Å². The molecule has 0 aromatic heterocycles. The van der Waals surface area contributed by atoms with E-state index in [1.165, 1.54) is 44.5 Å². The average Bonchev–Trinajstić information content (AvgIpc) is 3.71. The van der Waals surface area contributed by atoms with E-state index in [2.05, 4.69) is 173 Å². The fourth-order valence-corrected chi connectivity index (χ4v) is 9.25. The molecule has 0 fully saturated rings. The Morgan fingerprint density at radius 1 is 0.473 bits per heavy atom. The molecule has 3 aliphatic rings. The van der Waals surface area contributed by atoms with Crippen molar-refractivity contribution in [3.63, 3.8) is 0 Å². The molecular weight excluding hydrogens is 669 g/mol. The van der Waals surface area contributed by atoms with Gasteiger partial charge in [-0.25, -0.2) is 0 Å². The first-order chi connectivity index (χ1) is 27.2. The third-order valence-electron chi connectivity index (χ3n) is 11.6. The molecule has 258 valence electrons. The second kappa shape index (κ2) is 12.1. The first-order valence-corrected chi connectivity index (χ1v) is 18.7. The molecule has 55 heavy (non-hydrogen) atoms. The second-order valence-corrected chi connectivity index (χ2v) is 14.4. The highest BCUT2D eigenvalue weighted by Crippen LogP contribution is 2.63. The minimum absolute atomic E-state index is 0.403. The van der Waals surface area contributed by atoms with Crippen LogP contribution in [0.5, 0.6) is 0 Å². The number of fused-ring (bicyclic) bond motifs is 13. The maximum Gasteiger partial charge on any atom is 0.109 e. The third kappa shape index (κ3) is 4.58. The van der Waals surface area contributed by atoms with Gasteiger partial charge in [0.1, 0.15) is 5.71 Å². The fourth-order valence-electron chi connectivity index (χ4n) is 9.25. The van der Waals surface area contributed by atoms with Gasteiger partial charge >= 0.3 is 0 Å². The third-order valence-corrected chi connectivity index (χ3v) is 11.6. The van der Waals surface area contributed by atoms with Crippen molar-refractivity contribution >= 4 is 51.0 Å². The molecular formula is C51H34N4. The lowest BCUT2D eigenvalue weighted by Gasteiger charge is -2.32. The van der Waals surface area contributed by atoms with Crippen molar-refractivity contribution in [2.75, 3.05) is 10.3 Å². The molecule has 0 unspecified atom stereocenters. The molecule has 2 N–H and O–H groups in total. The molecule has 11 rings (SSSR count). The van der Waals surface area contributed by atoms with Gasteiger partial charge in [0.15, 0.2) is 0 Å². The summed E-state index contributed by atoms with van der Waals surface area (Å²) in [6, 6.07) is 65.3. The van der Waals surface area contributed by atoms with Gasteiger partial charge in [0, 0.05) is 22.6 Å². The summed E-state index contributed by atoms with van der Waals surface area (Å²) in [5.74, 6) is 0. The number of nitrogens with zero attached hydrogens (tertiary/aromatic N) is 2. The Morgan fingerprint density at radius 3 is 1.71 bits per heavy atom. The highest BCUT2D eigenvalue weighted by atomic mass is 15.3. The van der Waals surface area contributed by atoms with Crippen molar-refractivity contribution in [3.8, 4) is 22.3 Å². The minimum Gasteiger partial charge on any atom is -0.310 e. The van der Waals surface area contributed by atoms with E-state index in [9.17, 15) is 5.41 Å². The highest BCUT2D eigenvalue weighted by Gasteiger charge is 2.51. The summed E-state index contributed by atoms with van der Waals surface area (Å²) in [4.78, 5) is 2.37. The maximum absolute atomic E-state index is 9.26. The van der Waals surface area contributed by atoms with Gasteiger partial charge < -0.3 is 4.90 Å². The average molecular weight is 703 g/mol. The fraction of sp³-hybridized carbons (Fsp3) is 0.0196. The van der Waals surface area contributed by atoms with E-state index in [1.807, 2.05) is 36.4 Å². The van der Waals surface area contributed by atoms with E-state index < -0.39 is 5.41 Å². The molecule has 8 aromatic rings. The molecule has 0 radical (unpaired) electrons. The van der Waals surface area contributed by atoms with Crippen LogP contribution in [0.3, 0.4) is 0 Å². The van der Waals surface area contributed by atoms with Crippen molar-refractivity contribution in [1.29, 1.82) is 5.41 Å². The van der Waals surface area contributed by atoms with Crippen LogP contribution >= 0.6 is 0 Å². The molecule has 0 amide bonds. The predicted molar refractivity (Wildman–Crippen MR) is 228 cm³/mol. The second-order valence-electron chi connectivity index (χ2n) is 14.4. The monoisotopic (exact) mass is 702 g/mol. The van der Waals surface area contributed by atoms with Crippen molar-refractivity contribution < 1.29 is 0 Å². The number of allylic oxidation sites excluding steroid dienone is 1. The number of anilines is 4. The van der Waals surface area contributed by atoms with Crippen LogP contribution in [-0.2, 0) is 5.41 Å². The minimum atomic E-state index is -0.428. The summed E-state index contributed by atoms with van der Waals surface area (Å²) in [7, 11) is 0. The number of hydrogen-bond acceptors (Lipinski definition) is 4. The normalized spacial score (nSPS) is 14.7. The summed E-state index contributed by atoms with van der Waals surface area (Å²) < 4.78 is 0. The lowest BCUT2D eigenvalue weighted by molar-refractivity contribution is 0.793. The number of hydrogen-bond donors (Lipinski definition) is 2. The van der Waals surface area contributed by atoms with Gasteiger partial charge in [-0.3, -0.25) is 10.8 Å². The first-order valence-electron chi connectivity index (χ1n) is 18.7. The number of nitrogens with one attached hydrogen (secondary N) is 2. The first kappa shape index (κ1) is 31.2. The van der Waals surface area contributed by atoms with E-state index >= 15 is 0 Å². The summed E-state index contributed by atoms with van der Waals surface area (Å²) in [5, 5.41) is 16.0. The van der Waals surface area contributed by atoms with Crippen molar-refractivity contribution in [2.24, 2.45) is 5.10 Å². The van der Waals surface area contributed by atoms with Crippen LogP contribution < -0.4 is 10.3 Å². The van der Waals surface area contributed by atoms with E-state index in [-0.39, 0.29) is 0 Å². The molecule has 0 atom stereocenters. The Hall–Kier alpha value is -7.30. The van der Waals surface area contributed by atoms with Crippen LogP contribution in [0.25, 0.3) is 39.1 Å². The number of rotatable bonds is 5. The van der Waals surface area contributed by atoms with E-state index in [4.69, 9.17) is 0 Å². The topological polar surface area (TPSA) is 51.5 Å². The van der Waals surface area contributed by atoms with Crippen molar-refractivity contribution in [3.05, 3.63) is 221 Å². The summed E-state index contributed by atoms with van der Waals surface area (Å²) in [6.07, 6.45) is 3.97. The quantitative estimate of drug-likeness (QED) is 0.175. The van der Waals surface area contributed by atoms with Crippen LogP contribution in [0.4, 0.5) is 22.7 Å². The summed E-state index contributed by atoms with van der Waals surface area (Å²) in [6.45, 7) is 0. The smallest absolute Gasteiger partial charge is 0.109 e. The standard InChI is InChI=1S/C51H34N4/c52-50-48(54-53-35-13-3-1-4-14-35)30-25-33-23-24-34-31-37(26-28-39(34)49(33)50)55(36-15-5-2-6-16-36)38-27-29-43-42-19-9-12-22-46(42)51(47(43)32-38)44-20-10-7-17-40(44)41-18-8-11-21-45(41)51/h1-32,52-53H/b52-50?,54-48-. The number of benzene rings is 8. The largest absolute Gasteiger partial charge is 0.310 e. The molecule has 0 aliphatic heterocycles. The van der Waals surface area contributed by atoms with Gasteiger partial charge in [-0.1, -0.05) is 140 Å². The number of hydrazone groups is 1. The van der Waals surface area contributed by atoms with E-state index in [1.54, 1.807) is 0 Å². The Bertz CT molecular complexity index is 2860. The van der Waals surface area contributed by atoms with Crippen LogP contribution in [-0.4, -0.2) is 11.4 Å². The SMILES string of the molecule is N=C1/C(=N\Nc2ccccc2)C=Cc2ccc3cc(N(c4ccccc4)c4ccc5c(c4)C4(c6ccccc6-c6ccccc64)c4ccccc4-5)ccc3c21. The lowest BCUT2D eigenvalue weighted by atomic mass is 9.70. The zero-order valence-corrected chi connectivity index (χ0v) is 29.9. The van der Waals surface area contributed by atoms with Gasteiger partial charge in [-0.05, 0) is 115 Å². The molecule has 0 saturated heterocycles. The lowest BCUT2D eigenvalue weighted by Crippen LogP contribution is -2.26. The summed E-state index contributed by atoms with van der Waals surface area (Å²) >= 11 is 0. The molecule has 1 spiro atoms. The van der Waals surface area contributed by atoms with Gasteiger partial charge in [0.2, 0.25) is 0 Å². The maximum atomic E-state index is 9.26.